The van der Waals surface area contributed by atoms with Crippen LogP contribution in [0.25, 0.3) is 10.9 Å². The van der Waals surface area contributed by atoms with E-state index < -0.39 is 23.9 Å². The summed E-state index contributed by atoms with van der Waals surface area (Å²) in [6, 6.07) is 3.03. The van der Waals surface area contributed by atoms with Gasteiger partial charge in [0.15, 0.2) is 0 Å². The number of hydrogen-bond acceptors (Lipinski definition) is 7. The predicted octanol–water partition coefficient (Wildman–Crippen LogP) is -0.158. The predicted molar refractivity (Wildman–Crippen MR) is 84.1 cm³/mol. The van der Waals surface area contributed by atoms with Gasteiger partial charge in [-0.3, -0.25) is 9.59 Å². The summed E-state index contributed by atoms with van der Waals surface area (Å²) in [7, 11) is 0. The van der Waals surface area contributed by atoms with Gasteiger partial charge in [-0.1, -0.05) is 0 Å². The number of nitrogen functional groups attached to an aromatic ring is 2. The SMILES string of the molecule is Nc1nc(N)c2cc(C(=O)NC(CCC(=O)O)C(=O)O)ccc2n1. The number of carbonyl (C=O) groups excluding carboxylic acids is 1. The summed E-state index contributed by atoms with van der Waals surface area (Å²) >= 11 is 0. The van der Waals surface area contributed by atoms with Gasteiger partial charge in [0.05, 0.1) is 5.52 Å². The highest BCUT2D eigenvalue weighted by atomic mass is 16.4. The van der Waals surface area contributed by atoms with Crippen LogP contribution < -0.4 is 16.8 Å². The van der Waals surface area contributed by atoms with Crippen LogP contribution in [-0.2, 0) is 9.59 Å². The number of amides is 1. The number of nitrogens with one attached hydrogen (secondary N) is 1. The first-order valence-electron chi connectivity index (χ1n) is 6.86. The number of anilines is 2. The van der Waals surface area contributed by atoms with Gasteiger partial charge >= 0.3 is 11.9 Å². The summed E-state index contributed by atoms with van der Waals surface area (Å²) in [5, 5.41) is 20.4. The minimum Gasteiger partial charge on any atom is -0.481 e. The van der Waals surface area contributed by atoms with Crippen molar-refractivity contribution in [2.75, 3.05) is 11.5 Å². The third-order valence-electron chi connectivity index (χ3n) is 3.25. The van der Waals surface area contributed by atoms with E-state index in [1.54, 1.807) is 0 Å². The van der Waals surface area contributed by atoms with Gasteiger partial charge in [-0.25, -0.2) is 9.78 Å². The molecule has 10 heteroatoms. The zero-order valence-electron chi connectivity index (χ0n) is 12.4. The number of nitrogens with zero attached hydrogens (tertiary/aromatic N) is 2. The third kappa shape index (κ3) is 3.85. The monoisotopic (exact) mass is 333 g/mol. The average molecular weight is 333 g/mol. The quantitative estimate of drug-likeness (QED) is 0.479. The molecule has 2 aromatic rings. The molecule has 2 rings (SSSR count). The van der Waals surface area contributed by atoms with E-state index in [9.17, 15) is 14.4 Å². The second-order valence-corrected chi connectivity index (χ2v) is 5.00. The largest absolute Gasteiger partial charge is 0.481 e. The van der Waals surface area contributed by atoms with Crippen molar-refractivity contribution in [3.8, 4) is 0 Å². The normalized spacial score (nSPS) is 11.8. The summed E-state index contributed by atoms with van der Waals surface area (Å²) in [5.41, 5.74) is 11.8. The van der Waals surface area contributed by atoms with Crippen LogP contribution in [-0.4, -0.2) is 44.1 Å². The van der Waals surface area contributed by atoms with Crippen LogP contribution in [0.1, 0.15) is 23.2 Å². The van der Waals surface area contributed by atoms with Gasteiger partial charge < -0.3 is 27.0 Å². The lowest BCUT2D eigenvalue weighted by atomic mass is 10.1. The van der Waals surface area contributed by atoms with Crippen molar-refractivity contribution in [3.05, 3.63) is 23.8 Å². The van der Waals surface area contributed by atoms with E-state index >= 15 is 0 Å². The van der Waals surface area contributed by atoms with Crippen LogP contribution in [0.5, 0.6) is 0 Å². The van der Waals surface area contributed by atoms with E-state index in [-0.39, 0.29) is 30.2 Å². The summed E-state index contributed by atoms with van der Waals surface area (Å²) in [4.78, 5) is 41.6. The molecule has 7 N–H and O–H groups in total. The minimum atomic E-state index is -1.32. The number of fused-ring (bicyclic) bond motifs is 1. The number of rotatable bonds is 6. The molecule has 1 atom stereocenters. The zero-order chi connectivity index (χ0) is 17.9. The van der Waals surface area contributed by atoms with Crippen molar-refractivity contribution in [3.63, 3.8) is 0 Å². The molecule has 1 amide bonds. The molecule has 0 aliphatic rings. The van der Waals surface area contributed by atoms with Gasteiger partial charge in [0.25, 0.3) is 5.91 Å². The first kappa shape index (κ1) is 16.9. The molecule has 1 unspecified atom stereocenters. The molecule has 1 heterocycles. The number of nitrogens with two attached hydrogens (primary N) is 2. The Bertz CT molecular complexity index is 823. The summed E-state index contributed by atoms with van der Waals surface area (Å²) < 4.78 is 0. The second-order valence-electron chi connectivity index (χ2n) is 5.00. The smallest absolute Gasteiger partial charge is 0.326 e. The summed E-state index contributed by atoms with van der Waals surface area (Å²) in [6.07, 6.45) is -0.610. The Morgan fingerprint density at radius 3 is 2.50 bits per heavy atom. The molecular weight excluding hydrogens is 318 g/mol. The Labute approximate surface area is 135 Å². The molecule has 0 aliphatic heterocycles. The van der Waals surface area contributed by atoms with Crippen LogP contribution in [0.2, 0.25) is 0 Å². The lowest BCUT2D eigenvalue weighted by Gasteiger charge is -2.14. The molecule has 0 saturated heterocycles. The highest BCUT2D eigenvalue weighted by Crippen LogP contribution is 2.20. The highest BCUT2D eigenvalue weighted by Gasteiger charge is 2.22. The van der Waals surface area contributed by atoms with Crippen molar-refractivity contribution >= 4 is 40.5 Å². The molecule has 0 radical (unpaired) electrons. The lowest BCUT2D eigenvalue weighted by molar-refractivity contribution is -0.140. The number of hydrogen-bond donors (Lipinski definition) is 5. The number of carboxylic acids is 2. The average Bonchev–Trinajstić information content (AvgIpc) is 2.50. The van der Waals surface area contributed by atoms with E-state index in [1.807, 2.05) is 0 Å². The zero-order valence-corrected chi connectivity index (χ0v) is 12.4. The second kappa shape index (κ2) is 6.77. The maximum atomic E-state index is 12.2. The molecule has 24 heavy (non-hydrogen) atoms. The molecule has 126 valence electrons. The van der Waals surface area contributed by atoms with Crippen molar-refractivity contribution in [2.24, 2.45) is 0 Å². The van der Waals surface area contributed by atoms with Gasteiger partial charge in [0, 0.05) is 17.4 Å². The van der Waals surface area contributed by atoms with Crippen molar-refractivity contribution < 1.29 is 24.6 Å². The van der Waals surface area contributed by atoms with Gasteiger partial charge in [0.2, 0.25) is 5.95 Å². The van der Waals surface area contributed by atoms with Crippen LogP contribution in [0.3, 0.4) is 0 Å². The first-order chi connectivity index (χ1) is 11.3. The van der Waals surface area contributed by atoms with E-state index in [0.29, 0.717) is 10.9 Å². The molecule has 0 aliphatic carbocycles. The number of carbonyl (C=O) groups is 3. The summed E-state index contributed by atoms with van der Waals surface area (Å²) in [5.74, 6) is -3.06. The van der Waals surface area contributed by atoms with Gasteiger partial charge in [-0.2, -0.15) is 4.98 Å². The van der Waals surface area contributed by atoms with E-state index in [2.05, 4.69) is 15.3 Å². The molecular formula is C14H15N5O5. The fourth-order valence-corrected chi connectivity index (χ4v) is 2.08. The van der Waals surface area contributed by atoms with Crippen LogP contribution >= 0.6 is 0 Å². The van der Waals surface area contributed by atoms with Crippen LogP contribution in [0.15, 0.2) is 18.2 Å². The standard InChI is InChI=1S/C14H15N5O5/c15-11-7-5-6(1-2-8(7)18-14(16)19-11)12(22)17-9(13(23)24)3-4-10(20)21/h1-2,5,9H,3-4H2,(H,17,22)(H,20,21)(H,23,24)(H4,15,16,18,19). The Kier molecular flexibility index (Phi) is 4.78. The van der Waals surface area contributed by atoms with Crippen molar-refractivity contribution in [2.45, 2.75) is 18.9 Å². The lowest BCUT2D eigenvalue weighted by Crippen LogP contribution is -2.41. The fraction of sp³-hybridized carbons (Fsp3) is 0.214. The molecule has 0 saturated carbocycles. The van der Waals surface area contributed by atoms with Crippen LogP contribution in [0, 0.1) is 0 Å². The topological polar surface area (TPSA) is 182 Å². The maximum Gasteiger partial charge on any atom is 0.326 e. The number of aromatic nitrogens is 2. The number of carboxylic acid groups (broad SMARTS) is 2. The Morgan fingerprint density at radius 1 is 1.17 bits per heavy atom. The molecule has 0 spiro atoms. The van der Waals surface area contributed by atoms with E-state index in [0.717, 1.165) is 0 Å². The van der Waals surface area contributed by atoms with Gasteiger partial charge in [-0.05, 0) is 24.6 Å². The molecule has 0 bridgehead atoms. The molecule has 1 aromatic heterocycles. The Morgan fingerprint density at radius 2 is 1.88 bits per heavy atom. The first-order valence-corrected chi connectivity index (χ1v) is 6.86. The third-order valence-corrected chi connectivity index (χ3v) is 3.25. The van der Waals surface area contributed by atoms with E-state index in [4.69, 9.17) is 21.7 Å². The maximum absolute atomic E-state index is 12.2. The van der Waals surface area contributed by atoms with E-state index in [1.165, 1.54) is 18.2 Å². The number of benzene rings is 1. The van der Waals surface area contributed by atoms with Crippen molar-refractivity contribution in [1.82, 2.24) is 15.3 Å². The van der Waals surface area contributed by atoms with Crippen LogP contribution in [0.4, 0.5) is 11.8 Å². The Hall–Kier alpha value is -3.43. The van der Waals surface area contributed by atoms with Gasteiger partial charge in [0.1, 0.15) is 11.9 Å². The fourth-order valence-electron chi connectivity index (χ4n) is 2.08. The van der Waals surface area contributed by atoms with Crippen molar-refractivity contribution in [1.29, 1.82) is 0 Å². The molecule has 10 nitrogen and oxygen atoms in total. The highest BCUT2D eigenvalue weighted by molar-refractivity contribution is 6.01. The minimum absolute atomic E-state index is 0.00295. The van der Waals surface area contributed by atoms with Gasteiger partial charge in [-0.15, -0.1) is 0 Å². The number of aliphatic carboxylic acids is 2. The summed E-state index contributed by atoms with van der Waals surface area (Å²) in [6.45, 7) is 0. The molecule has 0 fully saturated rings. The molecule has 1 aromatic carbocycles. The Balaban J connectivity index is 2.23.